The molecule has 3 heteroatoms. The number of halogens is 1. The summed E-state index contributed by atoms with van der Waals surface area (Å²) in [6.07, 6.45) is 1.97. The van der Waals surface area contributed by atoms with Crippen LogP contribution in [0.3, 0.4) is 0 Å². The maximum absolute atomic E-state index is 13.1. The molecule has 23 heavy (non-hydrogen) atoms. The van der Waals surface area contributed by atoms with E-state index in [2.05, 4.69) is 19.1 Å². The Hall–Kier alpha value is -2.58. The van der Waals surface area contributed by atoms with Crippen molar-refractivity contribution in [3.05, 3.63) is 88.7 Å². The Balaban J connectivity index is 2.04. The summed E-state index contributed by atoms with van der Waals surface area (Å²) >= 11 is 5.93. The minimum atomic E-state index is 0.00159. The molecule has 2 aromatic heterocycles. The van der Waals surface area contributed by atoms with Gasteiger partial charge in [-0.1, -0.05) is 35.9 Å². The van der Waals surface area contributed by atoms with Crippen LogP contribution in [0, 0.1) is 6.92 Å². The molecule has 0 unspecified atom stereocenters. The first-order valence-corrected chi connectivity index (χ1v) is 7.82. The van der Waals surface area contributed by atoms with Gasteiger partial charge in [0.25, 0.3) is 0 Å². The molecule has 4 rings (SSSR count). The molecule has 0 aliphatic rings. The monoisotopic (exact) mass is 319 g/mol. The molecule has 0 aliphatic heterocycles. The molecule has 0 saturated carbocycles. The molecule has 0 spiro atoms. The zero-order valence-corrected chi connectivity index (χ0v) is 13.3. The zero-order chi connectivity index (χ0) is 16.0. The van der Waals surface area contributed by atoms with Crippen molar-refractivity contribution in [2.75, 3.05) is 0 Å². The van der Waals surface area contributed by atoms with Crippen LogP contribution in [0.25, 0.3) is 16.3 Å². The highest BCUT2D eigenvalue weighted by Gasteiger charge is 2.19. The Labute approximate surface area is 138 Å². The first-order chi connectivity index (χ1) is 11.1. The molecule has 2 heterocycles. The molecule has 0 amide bonds. The second kappa shape index (κ2) is 5.25. The molecular formula is C20H14ClNO. The van der Waals surface area contributed by atoms with E-state index < -0.39 is 0 Å². The van der Waals surface area contributed by atoms with Gasteiger partial charge in [0.2, 0.25) is 5.78 Å². The average Bonchev–Trinajstić information content (AvgIpc) is 2.89. The molecule has 0 bridgehead atoms. The summed E-state index contributed by atoms with van der Waals surface area (Å²) in [7, 11) is 0. The van der Waals surface area contributed by atoms with Crippen molar-refractivity contribution in [1.82, 2.24) is 4.40 Å². The summed E-state index contributed by atoms with van der Waals surface area (Å²) in [5.41, 5.74) is 3.56. The number of carbonyl (C=O) groups excluding carboxylic acids is 1. The number of hydrogen-bond donors (Lipinski definition) is 0. The van der Waals surface area contributed by atoms with Crippen molar-refractivity contribution >= 4 is 33.7 Å². The first kappa shape index (κ1) is 14.0. The van der Waals surface area contributed by atoms with Gasteiger partial charge in [0.05, 0.1) is 5.52 Å². The van der Waals surface area contributed by atoms with Gasteiger partial charge in [-0.25, -0.2) is 0 Å². The van der Waals surface area contributed by atoms with Crippen LogP contribution in [0.1, 0.15) is 21.6 Å². The fourth-order valence-corrected chi connectivity index (χ4v) is 3.15. The second-order valence-corrected chi connectivity index (χ2v) is 6.13. The number of rotatable bonds is 2. The largest absolute Gasteiger partial charge is 0.313 e. The average molecular weight is 320 g/mol. The molecule has 2 aromatic carbocycles. The standard InChI is InChI=1S/C20H14ClNO/c1-13-10-11-22-18(12-13)16-4-2-3-5-17(16)19(22)20(23)14-6-8-15(21)9-7-14/h2-12H,1H3. The van der Waals surface area contributed by atoms with E-state index in [1.807, 2.05) is 34.9 Å². The molecule has 2 nitrogen and oxygen atoms in total. The predicted octanol–water partition coefficient (Wildman–Crippen LogP) is 5.29. The van der Waals surface area contributed by atoms with Crippen LogP contribution in [0.2, 0.25) is 5.02 Å². The van der Waals surface area contributed by atoms with Crippen LogP contribution >= 0.6 is 11.6 Å². The number of ketones is 1. The van der Waals surface area contributed by atoms with Crippen molar-refractivity contribution in [3.8, 4) is 0 Å². The third-order valence-electron chi connectivity index (χ3n) is 4.13. The van der Waals surface area contributed by atoms with Gasteiger partial charge in [0, 0.05) is 27.6 Å². The van der Waals surface area contributed by atoms with E-state index in [9.17, 15) is 4.79 Å². The SMILES string of the molecule is Cc1ccn2c(C(=O)c3ccc(Cl)cc3)c3ccccc3c2c1. The van der Waals surface area contributed by atoms with Gasteiger partial charge in [-0.3, -0.25) is 4.79 Å². The fraction of sp³-hybridized carbons (Fsp3) is 0.0500. The lowest BCUT2D eigenvalue weighted by Crippen LogP contribution is -2.05. The maximum atomic E-state index is 13.1. The van der Waals surface area contributed by atoms with Crippen LogP contribution < -0.4 is 0 Å². The van der Waals surface area contributed by atoms with E-state index in [0.29, 0.717) is 16.3 Å². The molecular weight excluding hydrogens is 306 g/mol. The minimum Gasteiger partial charge on any atom is -0.313 e. The molecule has 0 aliphatic carbocycles. The van der Waals surface area contributed by atoms with Gasteiger partial charge < -0.3 is 4.40 Å². The lowest BCUT2D eigenvalue weighted by atomic mass is 10.0. The van der Waals surface area contributed by atoms with Gasteiger partial charge in [-0.15, -0.1) is 0 Å². The van der Waals surface area contributed by atoms with Gasteiger partial charge in [-0.2, -0.15) is 0 Å². The zero-order valence-electron chi connectivity index (χ0n) is 12.6. The highest BCUT2D eigenvalue weighted by atomic mass is 35.5. The Bertz CT molecular complexity index is 1040. The smallest absolute Gasteiger partial charge is 0.210 e. The molecule has 0 radical (unpaired) electrons. The summed E-state index contributed by atoms with van der Waals surface area (Å²) < 4.78 is 1.98. The van der Waals surface area contributed by atoms with Crippen LogP contribution in [0.4, 0.5) is 0 Å². The number of carbonyl (C=O) groups is 1. The van der Waals surface area contributed by atoms with Gasteiger partial charge >= 0.3 is 0 Å². The normalized spacial score (nSPS) is 11.2. The highest BCUT2D eigenvalue weighted by Crippen LogP contribution is 2.29. The van der Waals surface area contributed by atoms with E-state index in [4.69, 9.17) is 11.6 Å². The Morgan fingerprint density at radius 1 is 0.957 bits per heavy atom. The topological polar surface area (TPSA) is 21.5 Å². The van der Waals surface area contributed by atoms with Crippen LogP contribution in [-0.4, -0.2) is 10.2 Å². The molecule has 112 valence electrons. The maximum Gasteiger partial charge on any atom is 0.210 e. The summed E-state index contributed by atoms with van der Waals surface area (Å²) in [4.78, 5) is 13.1. The molecule has 0 N–H and O–H groups in total. The summed E-state index contributed by atoms with van der Waals surface area (Å²) in [5, 5.41) is 2.69. The number of hydrogen-bond acceptors (Lipinski definition) is 1. The van der Waals surface area contributed by atoms with E-state index >= 15 is 0 Å². The third-order valence-corrected chi connectivity index (χ3v) is 4.38. The predicted molar refractivity (Wildman–Crippen MR) is 94.5 cm³/mol. The van der Waals surface area contributed by atoms with Crippen molar-refractivity contribution in [2.45, 2.75) is 6.92 Å². The fourth-order valence-electron chi connectivity index (χ4n) is 3.02. The van der Waals surface area contributed by atoms with Crippen molar-refractivity contribution < 1.29 is 4.79 Å². The van der Waals surface area contributed by atoms with Crippen molar-refractivity contribution in [3.63, 3.8) is 0 Å². The Morgan fingerprint density at radius 3 is 2.39 bits per heavy atom. The molecule has 0 fully saturated rings. The third kappa shape index (κ3) is 2.23. The first-order valence-electron chi connectivity index (χ1n) is 7.45. The Kier molecular flexibility index (Phi) is 3.21. The summed E-state index contributed by atoms with van der Waals surface area (Å²) in [5.74, 6) is 0.00159. The number of aromatic nitrogens is 1. The van der Waals surface area contributed by atoms with Gasteiger partial charge in [0.15, 0.2) is 0 Å². The number of nitrogens with zero attached hydrogens (tertiary/aromatic N) is 1. The lowest BCUT2D eigenvalue weighted by molar-refractivity contribution is 0.103. The van der Waals surface area contributed by atoms with Crippen LogP contribution in [0.5, 0.6) is 0 Å². The minimum absolute atomic E-state index is 0.00159. The van der Waals surface area contributed by atoms with Crippen molar-refractivity contribution in [2.24, 2.45) is 0 Å². The number of benzene rings is 2. The van der Waals surface area contributed by atoms with E-state index in [-0.39, 0.29) is 5.78 Å². The summed E-state index contributed by atoms with van der Waals surface area (Å²) in [6, 6.07) is 19.2. The Morgan fingerprint density at radius 2 is 1.65 bits per heavy atom. The van der Waals surface area contributed by atoms with Gasteiger partial charge in [0.1, 0.15) is 5.69 Å². The molecule has 0 saturated heterocycles. The van der Waals surface area contributed by atoms with E-state index in [1.165, 1.54) is 5.56 Å². The molecule has 0 atom stereocenters. The summed E-state index contributed by atoms with van der Waals surface area (Å²) in [6.45, 7) is 2.06. The van der Waals surface area contributed by atoms with Crippen LogP contribution in [-0.2, 0) is 0 Å². The lowest BCUT2D eigenvalue weighted by Gasteiger charge is -2.04. The molecule has 4 aromatic rings. The van der Waals surface area contributed by atoms with E-state index in [1.54, 1.807) is 24.3 Å². The second-order valence-electron chi connectivity index (χ2n) is 5.69. The van der Waals surface area contributed by atoms with Crippen molar-refractivity contribution in [1.29, 1.82) is 0 Å². The van der Waals surface area contributed by atoms with Gasteiger partial charge in [-0.05, 0) is 48.9 Å². The quantitative estimate of drug-likeness (QED) is 0.460. The number of pyridine rings is 1. The number of aryl methyl sites for hydroxylation is 1. The highest BCUT2D eigenvalue weighted by molar-refractivity contribution is 6.30. The number of fused-ring (bicyclic) bond motifs is 3. The van der Waals surface area contributed by atoms with Crippen LogP contribution in [0.15, 0.2) is 66.9 Å². The van der Waals surface area contributed by atoms with E-state index in [0.717, 1.165) is 16.3 Å².